The first-order valence-corrected chi connectivity index (χ1v) is 5.65. The molecule has 5 N–H and O–H groups in total. The second-order valence-corrected chi connectivity index (χ2v) is 4.98. The molecule has 0 fully saturated rings. The van der Waals surface area contributed by atoms with E-state index >= 15 is 0 Å². The molecule has 0 spiro atoms. The highest BCUT2D eigenvalue weighted by atomic mass is 32.2. The Morgan fingerprint density at radius 1 is 1.25 bits per heavy atom. The third kappa shape index (κ3) is 2.56. The number of hydrogen-bond acceptors (Lipinski definition) is 7. The van der Waals surface area contributed by atoms with E-state index in [0.717, 1.165) is 6.92 Å². The minimum Gasteiger partial charge on any atom is -0.391 e. The summed E-state index contributed by atoms with van der Waals surface area (Å²) in [6, 6.07) is 0. The molecule has 0 aromatic heterocycles. The average molecular weight is 258 g/mol. The van der Waals surface area contributed by atoms with Crippen LogP contribution in [-0.4, -0.2) is 62.4 Å². The number of rotatable bonds is 5. The molecule has 96 valence electrons. The van der Waals surface area contributed by atoms with Crippen LogP contribution in [0.5, 0.6) is 0 Å². The molecular weight excluding hydrogens is 244 g/mol. The second-order valence-electron chi connectivity index (χ2n) is 3.40. The van der Waals surface area contributed by atoms with Gasteiger partial charge in [0.15, 0.2) is 5.78 Å². The van der Waals surface area contributed by atoms with Gasteiger partial charge in [-0.25, -0.2) is 0 Å². The van der Waals surface area contributed by atoms with Crippen molar-refractivity contribution in [3.63, 3.8) is 0 Å². The predicted molar refractivity (Wildman–Crippen MR) is 50.9 cm³/mol. The Bertz CT molecular complexity index is 361. The highest BCUT2D eigenvalue weighted by molar-refractivity contribution is 7.88. The molecule has 0 aliphatic rings. The van der Waals surface area contributed by atoms with Crippen molar-refractivity contribution in [3.8, 4) is 0 Å². The highest BCUT2D eigenvalue weighted by Gasteiger charge is 2.55. The SMILES string of the molecule is CC(=O)[C@@](O)([C@H](O)[C@H](O)[C@H](C)O)S(=O)(=O)O. The molecule has 0 saturated heterocycles. The van der Waals surface area contributed by atoms with Gasteiger partial charge in [-0.15, -0.1) is 0 Å². The maximum Gasteiger partial charge on any atom is 0.305 e. The number of hydrogen-bond donors (Lipinski definition) is 5. The Hall–Kier alpha value is -0.580. The summed E-state index contributed by atoms with van der Waals surface area (Å²) in [5.74, 6) is -1.48. The molecule has 0 amide bonds. The lowest BCUT2D eigenvalue weighted by Crippen LogP contribution is -2.60. The monoisotopic (exact) mass is 258 g/mol. The molecule has 8 nitrogen and oxygen atoms in total. The van der Waals surface area contributed by atoms with Crippen molar-refractivity contribution in [2.45, 2.75) is 37.1 Å². The van der Waals surface area contributed by atoms with E-state index in [2.05, 4.69) is 0 Å². The summed E-state index contributed by atoms with van der Waals surface area (Å²) in [6.07, 6.45) is -6.29. The van der Waals surface area contributed by atoms with Crippen LogP contribution < -0.4 is 0 Å². The maximum absolute atomic E-state index is 10.9. The Morgan fingerprint density at radius 3 is 1.81 bits per heavy atom. The topological polar surface area (TPSA) is 152 Å². The van der Waals surface area contributed by atoms with E-state index in [-0.39, 0.29) is 0 Å². The zero-order valence-electron chi connectivity index (χ0n) is 8.60. The average Bonchev–Trinajstić information content (AvgIpc) is 2.11. The molecule has 0 unspecified atom stereocenters. The van der Waals surface area contributed by atoms with Crippen LogP contribution in [0.1, 0.15) is 13.8 Å². The van der Waals surface area contributed by atoms with Gasteiger partial charge in [-0.05, 0) is 13.8 Å². The molecule has 0 aromatic carbocycles. The molecule has 0 radical (unpaired) electrons. The minimum absolute atomic E-state index is 0.603. The van der Waals surface area contributed by atoms with Crippen molar-refractivity contribution in [3.05, 3.63) is 0 Å². The zero-order valence-corrected chi connectivity index (χ0v) is 9.42. The van der Waals surface area contributed by atoms with Gasteiger partial charge in [0.05, 0.1) is 6.10 Å². The first kappa shape index (κ1) is 15.4. The van der Waals surface area contributed by atoms with Gasteiger partial charge in [0, 0.05) is 0 Å². The summed E-state index contributed by atoms with van der Waals surface area (Å²) >= 11 is 0. The van der Waals surface area contributed by atoms with Gasteiger partial charge in [-0.3, -0.25) is 9.35 Å². The highest BCUT2D eigenvalue weighted by Crippen LogP contribution is 2.23. The number of Topliss-reactive ketones (excluding diaryl/α,β-unsaturated/α-hetero) is 1. The first-order chi connectivity index (χ1) is 6.96. The van der Waals surface area contributed by atoms with Crippen LogP contribution in [0.3, 0.4) is 0 Å². The van der Waals surface area contributed by atoms with Crippen molar-refractivity contribution >= 4 is 15.9 Å². The van der Waals surface area contributed by atoms with Crippen molar-refractivity contribution < 1.29 is 38.2 Å². The molecule has 0 aromatic rings. The number of carbonyl (C=O) groups excluding carboxylic acids is 1. The van der Waals surface area contributed by atoms with E-state index in [1.165, 1.54) is 0 Å². The molecule has 4 atom stereocenters. The summed E-state index contributed by atoms with van der Waals surface area (Å²) in [5, 5.41) is 36.7. The van der Waals surface area contributed by atoms with Crippen molar-refractivity contribution in [1.29, 1.82) is 0 Å². The smallest absolute Gasteiger partial charge is 0.305 e. The van der Waals surface area contributed by atoms with E-state index in [1.807, 2.05) is 0 Å². The van der Waals surface area contributed by atoms with Crippen LogP contribution in [0.2, 0.25) is 0 Å². The molecule has 0 saturated carbocycles. The Balaban J connectivity index is 5.50. The lowest BCUT2D eigenvalue weighted by molar-refractivity contribution is -0.150. The summed E-state index contributed by atoms with van der Waals surface area (Å²) in [6.45, 7) is 1.60. The van der Waals surface area contributed by atoms with Crippen molar-refractivity contribution in [1.82, 2.24) is 0 Å². The third-order valence-corrected chi connectivity index (χ3v) is 3.43. The summed E-state index contributed by atoms with van der Waals surface area (Å²) in [5.41, 5.74) is 0. The summed E-state index contributed by atoms with van der Waals surface area (Å²) in [4.78, 5) is 7.37. The van der Waals surface area contributed by atoms with E-state index in [1.54, 1.807) is 0 Å². The molecular formula is C7H14O8S. The van der Waals surface area contributed by atoms with Crippen LogP contribution >= 0.6 is 0 Å². The largest absolute Gasteiger partial charge is 0.391 e. The molecule has 0 rings (SSSR count). The number of aliphatic hydroxyl groups is 4. The summed E-state index contributed by atoms with van der Waals surface area (Å²) in [7, 11) is -5.36. The zero-order chi connectivity index (χ0) is 13.3. The molecule has 0 aliphatic heterocycles. The fraction of sp³-hybridized carbons (Fsp3) is 0.857. The number of ketones is 1. The normalized spacial score (nSPS) is 21.9. The van der Waals surface area contributed by atoms with Crippen LogP contribution in [0.15, 0.2) is 0 Å². The van der Waals surface area contributed by atoms with E-state index < -0.39 is 39.1 Å². The molecule has 0 heterocycles. The van der Waals surface area contributed by atoms with Crippen molar-refractivity contribution in [2.24, 2.45) is 0 Å². The van der Waals surface area contributed by atoms with Gasteiger partial charge in [0.1, 0.15) is 12.2 Å². The second kappa shape index (κ2) is 4.73. The van der Waals surface area contributed by atoms with Crippen LogP contribution in [0.4, 0.5) is 0 Å². The molecule has 9 heteroatoms. The first-order valence-electron chi connectivity index (χ1n) is 4.21. The fourth-order valence-electron chi connectivity index (χ4n) is 1.04. The van der Waals surface area contributed by atoms with Gasteiger partial charge in [-0.2, -0.15) is 8.42 Å². The van der Waals surface area contributed by atoms with E-state index in [9.17, 15) is 23.4 Å². The standard InChI is InChI=1S/C7H14O8S/c1-3(8)5(10)6(11)7(12,4(2)9)16(13,14)15/h3,5-6,8,10-12H,1-2H3,(H,13,14,15)/t3-,5+,6+,7-/m0/s1. The summed E-state index contributed by atoms with van der Waals surface area (Å²) < 4.78 is 30.2. The molecule has 0 bridgehead atoms. The predicted octanol–water partition coefficient (Wildman–Crippen LogP) is -2.75. The number of aliphatic hydroxyl groups excluding tert-OH is 3. The Labute approximate surface area is 91.9 Å². The van der Waals surface area contributed by atoms with Gasteiger partial charge >= 0.3 is 10.1 Å². The maximum atomic E-state index is 10.9. The van der Waals surface area contributed by atoms with Crippen LogP contribution in [0, 0.1) is 0 Å². The van der Waals surface area contributed by atoms with Gasteiger partial charge in [0.2, 0.25) is 0 Å². The quantitative estimate of drug-likeness (QED) is 0.333. The van der Waals surface area contributed by atoms with E-state index in [4.69, 9.17) is 14.8 Å². The van der Waals surface area contributed by atoms with E-state index in [0.29, 0.717) is 6.92 Å². The van der Waals surface area contributed by atoms with Crippen LogP contribution in [0.25, 0.3) is 0 Å². The lowest BCUT2D eigenvalue weighted by atomic mass is 10.0. The molecule has 16 heavy (non-hydrogen) atoms. The molecule has 0 aliphatic carbocycles. The minimum atomic E-state index is -5.36. The number of carbonyl (C=O) groups is 1. The third-order valence-electron chi connectivity index (χ3n) is 2.12. The van der Waals surface area contributed by atoms with Gasteiger partial charge in [-0.1, -0.05) is 0 Å². The Kier molecular flexibility index (Phi) is 4.56. The van der Waals surface area contributed by atoms with Crippen molar-refractivity contribution in [2.75, 3.05) is 0 Å². The fourth-order valence-corrected chi connectivity index (χ4v) is 1.85. The Morgan fingerprint density at radius 2 is 1.62 bits per heavy atom. The van der Waals surface area contributed by atoms with Gasteiger partial charge in [0.25, 0.3) is 4.93 Å². The van der Waals surface area contributed by atoms with Gasteiger partial charge < -0.3 is 20.4 Å². The lowest BCUT2D eigenvalue weighted by Gasteiger charge is -2.31. The van der Waals surface area contributed by atoms with Crippen LogP contribution in [-0.2, 0) is 14.9 Å².